The quantitative estimate of drug-likeness (QED) is 0.776. The first-order chi connectivity index (χ1) is 10.6. The Morgan fingerprint density at radius 1 is 1.27 bits per heavy atom. The number of hydrogen-bond acceptors (Lipinski definition) is 5. The summed E-state index contributed by atoms with van der Waals surface area (Å²) in [6.07, 6.45) is -0.305. The smallest absolute Gasteiger partial charge is 0.255 e. The Morgan fingerprint density at radius 3 is 2.55 bits per heavy atom. The molecule has 1 aromatic carbocycles. The molecule has 0 bridgehead atoms. The first-order valence-electron chi connectivity index (χ1n) is 7.69. The van der Waals surface area contributed by atoms with Crippen LogP contribution in [-0.2, 0) is 11.3 Å². The van der Waals surface area contributed by atoms with Crippen molar-refractivity contribution in [3.63, 3.8) is 0 Å². The largest absolute Gasteiger partial charge is 0.484 e. The Labute approximate surface area is 131 Å². The Kier molecular flexibility index (Phi) is 6.18. The molecule has 6 heteroatoms. The molecule has 1 heterocycles. The monoisotopic (exact) mass is 307 g/mol. The van der Waals surface area contributed by atoms with Crippen LogP contribution in [0.15, 0.2) is 24.3 Å². The maximum absolute atomic E-state index is 10.7. The lowest BCUT2D eigenvalue weighted by Crippen LogP contribution is -2.33. The lowest BCUT2D eigenvalue weighted by atomic mass is 10.2. The number of nitrogens with zero attached hydrogens (tertiary/aromatic N) is 2. The molecule has 1 saturated heterocycles. The van der Waals surface area contributed by atoms with E-state index in [9.17, 15) is 9.90 Å². The molecule has 0 spiro atoms. The fourth-order valence-electron chi connectivity index (χ4n) is 2.65. The van der Waals surface area contributed by atoms with Gasteiger partial charge < -0.3 is 15.6 Å². The summed E-state index contributed by atoms with van der Waals surface area (Å²) in [4.78, 5) is 15.2. The minimum Gasteiger partial charge on any atom is -0.484 e. The van der Waals surface area contributed by atoms with Crippen molar-refractivity contribution in [3.05, 3.63) is 29.8 Å². The van der Waals surface area contributed by atoms with Crippen molar-refractivity contribution in [2.24, 2.45) is 5.73 Å². The van der Waals surface area contributed by atoms with Crippen LogP contribution in [0.2, 0.25) is 0 Å². The van der Waals surface area contributed by atoms with Crippen molar-refractivity contribution in [2.45, 2.75) is 19.6 Å². The van der Waals surface area contributed by atoms with E-state index in [0.29, 0.717) is 12.3 Å². The highest BCUT2D eigenvalue weighted by atomic mass is 16.5. The van der Waals surface area contributed by atoms with Crippen LogP contribution in [0.3, 0.4) is 0 Å². The first kappa shape index (κ1) is 16.7. The predicted molar refractivity (Wildman–Crippen MR) is 84.5 cm³/mol. The van der Waals surface area contributed by atoms with E-state index in [0.717, 1.165) is 38.3 Å². The fourth-order valence-corrected chi connectivity index (χ4v) is 2.65. The van der Waals surface area contributed by atoms with Crippen LogP contribution in [0.5, 0.6) is 5.75 Å². The average Bonchev–Trinajstić information content (AvgIpc) is 2.67. The summed E-state index contributed by atoms with van der Waals surface area (Å²) < 4.78 is 5.24. The normalized spacial score (nSPS) is 20.5. The van der Waals surface area contributed by atoms with Crippen LogP contribution in [0.25, 0.3) is 0 Å². The number of nitrogens with two attached hydrogens (primary N) is 1. The highest BCUT2D eigenvalue weighted by Crippen LogP contribution is 2.15. The summed E-state index contributed by atoms with van der Waals surface area (Å²) in [6, 6.07) is 7.63. The topological polar surface area (TPSA) is 79.0 Å². The van der Waals surface area contributed by atoms with Gasteiger partial charge in [-0.3, -0.25) is 14.6 Å². The fraction of sp³-hybridized carbons (Fsp3) is 0.562. The van der Waals surface area contributed by atoms with Gasteiger partial charge >= 0.3 is 0 Å². The van der Waals surface area contributed by atoms with Gasteiger partial charge in [0.2, 0.25) is 0 Å². The van der Waals surface area contributed by atoms with Crippen LogP contribution in [0, 0.1) is 0 Å². The number of amides is 1. The number of hydrogen-bond donors (Lipinski definition) is 2. The third kappa shape index (κ3) is 5.29. The van der Waals surface area contributed by atoms with Gasteiger partial charge in [-0.2, -0.15) is 0 Å². The van der Waals surface area contributed by atoms with Crippen molar-refractivity contribution >= 4 is 5.91 Å². The zero-order chi connectivity index (χ0) is 15.9. The molecule has 3 N–H and O–H groups in total. The highest BCUT2D eigenvalue weighted by Gasteiger charge is 2.20. The number of aliphatic hydroxyl groups excluding tert-OH is 1. The maximum atomic E-state index is 10.7. The zero-order valence-corrected chi connectivity index (χ0v) is 13.1. The molecule has 1 amide bonds. The first-order valence-corrected chi connectivity index (χ1v) is 7.69. The minimum absolute atomic E-state index is 0.107. The molecule has 122 valence electrons. The number of primary amides is 1. The molecule has 2 rings (SSSR count). The lowest BCUT2D eigenvalue weighted by Gasteiger charge is -2.21. The third-order valence-electron chi connectivity index (χ3n) is 3.83. The van der Waals surface area contributed by atoms with E-state index in [-0.39, 0.29) is 12.7 Å². The number of β-amino-alcohol motifs (C(OH)–C–C–N with tert-alkyl or cyclic N) is 1. The molecule has 0 aromatic heterocycles. The molecule has 0 saturated carbocycles. The number of rotatable bonds is 6. The molecule has 0 radical (unpaired) electrons. The van der Waals surface area contributed by atoms with Gasteiger partial charge in [0.15, 0.2) is 6.61 Å². The second-order valence-electron chi connectivity index (χ2n) is 5.68. The van der Waals surface area contributed by atoms with Gasteiger partial charge in [-0.15, -0.1) is 0 Å². The molecule has 1 fully saturated rings. The van der Waals surface area contributed by atoms with Crippen molar-refractivity contribution < 1.29 is 14.6 Å². The SMILES string of the molecule is CCN1CCN(Cc2ccc(OCC(N)=O)cc2)CC(O)C1. The van der Waals surface area contributed by atoms with Gasteiger partial charge in [-0.05, 0) is 24.2 Å². The second-order valence-corrected chi connectivity index (χ2v) is 5.68. The minimum atomic E-state index is -0.483. The number of likely N-dealkylation sites (N-methyl/N-ethyl adjacent to an activating group) is 1. The Morgan fingerprint density at radius 2 is 1.91 bits per heavy atom. The molecule has 1 aromatic rings. The Hall–Kier alpha value is -1.63. The summed E-state index contributed by atoms with van der Waals surface area (Å²) in [5.74, 6) is 0.152. The maximum Gasteiger partial charge on any atom is 0.255 e. The molecule has 6 nitrogen and oxygen atoms in total. The van der Waals surface area contributed by atoms with Crippen molar-refractivity contribution in [3.8, 4) is 5.75 Å². The molecular formula is C16H25N3O3. The summed E-state index contributed by atoms with van der Waals surface area (Å²) in [7, 11) is 0. The van der Waals surface area contributed by atoms with Crippen LogP contribution in [-0.4, -0.2) is 66.2 Å². The third-order valence-corrected chi connectivity index (χ3v) is 3.83. The van der Waals surface area contributed by atoms with E-state index in [4.69, 9.17) is 10.5 Å². The van der Waals surface area contributed by atoms with Crippen molar-refractivity contribution in [1.29, 1.82) is 0 Å². The van der Waals surface area contributed by atoms with Crippen LogP contribution < -0.4 is 10.5 Å². The molecule has 1 unspecified atom stereocenters. The number of ether oxygens (including phenoxy) is 1. The zero-order valence-electron chi connectivity index (χ0n) is 13.1. The molecule has 1 aliphatic heterocycles. The number of benzene rings is 1. The summed E-state index contributed by atoms with van der Waals surface area (Å²) in [6.45, 7) is 7.14. The van der Waals surface area contributed by atoms with E-state index >= 15 is 0 Å². The van der Waals surface area contributed by atoms with Gasteiger partial charge in [0.05, 0.1) is 6.10 Å². The van der Waals surface area contributed by atoms with Crippen LogP contribution in [0.4, 0.5) is 0 Å². The molecule has 1 aliphatic rings. The van der Waals surface area contributed by atoms with E-state index in [1.54, 1.807) is 0 Å². The molecule has 1 atom stereocenters. The standard InChI is InChI=1S/C16H25N3O3/c1-2-18-7-8-19(11-14(20)10-18)9-13-3-5-15(6-4-13)22-12-16(17)21/h3-6,14,20H,2,7-12H2,1H3,(H2,17,21). The number of aliphatic hydroxyl groups is 1. The van der Waals surface area contributed by atoms with Gasteiger partial charge in [0, 0.05) is 32.7 Å². The van der Waals surface area contributed by atoms with Crippen LogP contribution in [0.1, 0.15) is 12.5 Å². The summed E-state index contributed by atoms with van der Waals surface area (Å²) in [5, 5.41) is 10.1. The Balaban J connectivity index is 1.88. The van der Waals surface area contributed by atoms with Gasteiger partial charge in [-0.1, -0.05) is 19.1 Å². The van der Waals surface area contributed by atoms with Crippen LogP contribution >= 0.6 is 0 Å². The second kappa shape index (κ2) is 8.12. The summed E-state index contributed by atoms with van der Waals surface area (Å²) >= 11 is 0. The summed E-state index contributed by atoms with van der Waals surface area (Å²) in [5.41, 5.74) is 6.20. The number of carbonyl (C=O) groups is 1. The number of carbonyl (C=O) groups excluding carboxylic acids is 1. The van der Waals surface area contributed by atoms with Gasteiger partial charge in [0.25, 0.3) is 5.91 Å². The van der Waals surface area contributed by atoms with E-state index in [2.05, 4.69) is 16.7 Å². The lowest BCUT2D eigenvalue weighted by molar-refractivity contribution is -0.119. The molecule has 22 heavy (non-hydrogen) atoms. The average molecular weight is 307 g/mol. The van der Waals surface area contributed by atoms with Crippen molar-refractivity contribution in [1.82, 2.24) is 9.80 Å². The predicted octanol–water partition coefficient (Wildman–Crippen LogP) is 0.0491. The van der Waals surface area contributed by atoms with Gasteiger partial charge in [0.1, 0.15) is 5.75 Å². The highest BCUT2D eigenvalue weighted by molar-refractivity contribution is 5.75. The molecular weight excluding hydrogens is 282 g/mol. The van der Waals surface area contributed by atoms with E-state index < -0.39 is 5.91 Å². The molecule has 0 aliphatic carbocycles. The van der Waals surface area contributed by atoms with E-state index in [1.165, 1.54) is 0 Å². The Bertz CT molecular complexity index is 478. The van der Waals surface area contributed by atoms with E-state index in [1.807, 2.05) is 24.3 Å². The van der Waals surface area contributed by atoms with Gasteiger partial charge in [-0.25, -0.2) is 0 Å². The van der Waals surface area contributed by atoms with Crippen molar-refractivity contribution in [2.75, 3.05) is 39.3 Å².